The number of nitrogens with one attached hydrogen (secondary N) is 1. The van der Waals surface area contributed by atoms with Gasteiger partial charge in [0.05, 0.1) is 18.7 Å². The van der Waals surface area contributed by atoms with E-state index in [1.54, 1.807) is 26.2 Å². The fourth-order valence-electron chi connectivity index (χ4n) is 1.29. The van der Waals surface area contributed by atoms with Crippen molar-refractivity contribution in [1.29, 1.82) is 0 Å². The van der Waals surface area contributed by atoms with Gasteiger partial charge in [-0.15, -0.1) is 0 Å². The number of halogens is 1. The number of carbonyl (C=O) groups excluding carboxylic acids is 1. The Kier molecular flexibility index (Phi) is 5.52. The van der Waals surface area contributed by atoms with Gasteiger partial charge in [-0.1, -0.05) is 18.2 Å². The van der Waals surface area contributed by atoms with Gasteiger partial charge < -0.3 is 14.8 Å². The molecular weight excluding hydrogens is 254 g/mol. The zero-order valence-electron chi connectivity index (χ0n) is 10.5. The van der Waals surface area contributed by atoms with Gasteiger partial charge in [0.25, 0.3) is 0 Å². The van der Waals surface area contributed by atoms with E-state index >= 15 is 0 Å². The molecule has 0 aromatic heterocycles. The van der Waals surface area contributed by atoms with Crippen LogP contribution in [0.3, 0.4) is 0 Å². The van der Waals surface area contributed by atoms with Gasteiger partial charge in [-0.05, 0) is 25.1 Å². The molecule has 18 heavy (non-hydrogen) atoms. The normalized spacial score (nSPS) is 9.72. The predicted octanol–water partition coefficient (Wildman–Crippen LogP) is 2.88. The topological polar surface area (TPSA) is 47.6 Å². The Morgan fingerprint density at radius 1 is 1.50 bits per heavy atom. The highest BCUT2D eigenvalue weighted by molar-refractivity contribution is 6.32. The van der Waals surface area contributed by atoms with E-state index in [0.29, 0.717) is 29.5 Å². The molecule has 1 rings (SSSR count). The molecule has 0 aliphatic heterocycles. The van der Waals surface area contributed by atoms with Gasteiger partial charge in [0.15, 0.2) is 0 Å². The van der Waals surface area contributed by atoms with Crippen LogP contribution in [0.1, 0.15) is 6.92 Å². The van der Waals surface area contributed by atoms with Crippen molar-refractivity contribution in [2.45, 2.75) is 6.92 Å². The number of hydrogen-bond acceptors (Lipinski definition) is 4. The smallest absolute Gasteiger partial charge is 0.335 e. The Bertz CT molecular complexity index is 446. The lowest BCUT2D eigenvalue weighted by molar-refractivity contribution is -0.138. The first-order valence-corrected chi connectivity index (χ1v) is 5.88. The van der Waals surface area contributed by atoms with Gasteiger partial charge in [-0.25, -0.2) is 4.79 Å². The fourth-order valence-corrected chi connectivity index (χ4v) is 1.55. The molecule has 0 heterocycles. The molecule has 0 fully saturated rings. The predicted molar refractivity (Wildman–Crippen MR) is 72.3 cm³/mol. The van der Waals surface area contributed by atoms with Gasteiger partial charge in [0.1, 0.15) is 5.75 Å². The number of carbonyl (C=O) groups is 1. The summed E-state index contributed by atoms with van der Waals surface area (Å²) in [6, 6.07) is 5.28. The quantitative estimate of drug-likeness (QED) is 0.637. The van der Waals surface area contributed by atoms with Crippen LogP contribution in [0.2, 0.25) is 5.02 Å². The molecule has 0 amide bonds. The number of hydrogen-bond donors (Lipinski definition) is 1. The summed E-state index contributed by atoms with van der Waals surface area (Å²) >= 11 is 5.98. The third-order valence-corrected chi connectivity index (χ3v) is 2.52. The summed E-state index contributed by atoms with van der Waals surface area (Å²) in [6.07, 6.45) is 0. The maximum absolute atomic E-state index is 11.3. The molecule has 0 bridgehead atoms. The average Bonchev–Trinajstić information content (AvgIpc) is 2.36. The highest BCUT2D eigenvalue weighted by Crippen LogP contribution is 2.27. The first-order valence-electron chi connectivity index (χ1n) is 5.50. The lowest BCUT2D eigenvalue weighted by atomic mass is 10.2. The molecule has 5 heteroatoms. The lowest BCUT2D eigenvalue weighted by Gasteiger charge is -2.10. The number of rotatable bonds is 6. The third-order valence-electron chi connectivity index (χ3n) is 2.22. The number of methoxy groups -OCH3 is 1. The van der Waals surface area contributed by atoms with Gasteiger partial charge in [0.2, 0.25) is 0 Å². The van der Waals surface area contributed by atoms with Crippen molar-refractivity contribution in [3.63, 3.8) is 0 Å². The van der Waals surface area contributed by atoms with Crippen LogP contribution >= 0.6 is 11.6 Å². The van der Waals surface area contributed by atoms with E-state index in [4.69, 9.17) is 21.1 Å². The molecule has 0 radical (unpaired) electrons. The molecule has 0 saturated carbocycles. The van der Waals surface area contributed by atoms with E-state index < -0.39 is 5.97 Å². The van der Waals surface area contributed by atoms with Gasteiger partial charge in [0, 0.05) is 17.8 Å². The van der Waals surface area contributed by atoms with Crippen LogP contribution in [0.4, 0.5) is 5.69 Å². The zero-order valence-corrected chi connectivity index (χ0v) is 11.2. The van der Waals surface area contributed by atoms with Crippen molar-refractivity contribution in [2.24, 2.45) is 0 Å². The van der Waals surface area contributed by atoms with Crippen LogP contribution in [0.25, 0.3) is 0 Å². The molecule has 0 spiro atoms. The molecule has 1 aromatic carbocycles. The van der Waals surface area contributed by atoms with Crippen molar-refractivity contribution < 1.29 is 14.3 Å². The summed E-state index contributed by atoms with van der Waals surface area (Å²) in [5.41, 5.74) is 1.15. The lowest BCUT2D eigenvalue weighted by Crippen LogP contribution is -2.14. The van der Waals surface area contributed by atoms with E-state index in [0.717, 1.165) is 5.69 Å². The Morgan fingerprint density at radius 2 is 2.22 bits per heavy atom. The molecule has 0 aliphatic carbocycles. The Hall–Kier alpha value is -1.68. The Labute approximate surface area is 112 Å². The molecular formula is C13H16ClNO3. The zero-order chi connectivity index (χ0) is 13.5. The number of anilines is 1. The fraction of sp³-hybridized carbons (Fsp3) is 0.308. The van der Waals surface area contributed by atoms with E-state index in [-0.39, 0.29) is 0 Å². The number of esters is 1. The summed E-state index contributed by atoms with van der Waals surface area (Å²) in [4.78, 5) is 11.3. The minimum atomic E-state index is -0.399. The van der Waals surface area contributed by atoms with E-state index in [1.807, 2.05) is 6.07 Å². The van der Waals surface area contributed by atoms with Crippen molar-refractivity contribution in [2.75, 3.05) is 25.6 Å². The summed E-state index contributed by atoms with van der Waals surface area (Å²) < 4.78 is 9.87. The average molecular weight is 270 g/mol. The summed E-state index contributed by atoms with van der Waals surface area (Å²) in [7, 11) is 1.55. The van der Waals surface area contributed by atoms with Crippen LogP contribution in [0, 0.1) is 0 Å². The Balaban J connectivity index is 2.56. The SMILES string of the molecule is C=C(CNc1ccc(OC)c(Cl)c1)C(=O)OCC. The van der Waals surface area contributed by atoms with Crippen LogP contribution in [0.15, 0.2) is 30.4 Å². The summed E-state index contributed by atoms with van der Waals surface area (Å²) in [5, 5.41) is 3.54. The standard InChI is InChI=1S/C13H16ClNO3/c1-4-18-13(16)9(2)8-15-10-5-6-12(17-3)11(14)7-10/h5-7,15H,2,4,8H2,1,3H3. The molecule has 0 unspecified atom stereocenters. The second-order valence-electron chi connectivity index (χ2n) is 3.53. The molecule has 98 valence electrons. The molecule has 0 aliphatic rings. The third kappa shape index (κ3) is 3.96. The number of ether oxygens (including phenoxy) is 2. The summed E-state index contributed by atoms with van der Waals surface area (Å²) in [6.45, 7) is 6.05. The molecule has 0 saturated heterocycles. The monoisotopic (exact) mass is 269 g/mol. The van der Waals surface area contributed by atoms with Crippen molar-refractivity contribution >= 4 is 23.3 Å². The van der Waals surface area contributed by atoms with E-state index in [2.05, 4.69) is 11.9 Å². The molecule has 0 atom stereocenters. The van der Waals surface area contributed by atoms with Crippen molar-refractivity contribution in [3.8, 4) is 5.75 Å². The van der Waals surface area contributed by atoms with Gasteiger partial charge >= 0.3 is 5.97 Å². The van der Waals surface area contributed by atoms with Crippen molar-refractivity contribution in [1.82, 2.24) is 0 Å². The minimum Gasteiger partial charge on any atom is -0.495 e. The minimum absolute atomic E-state index is 0.307. The largest absolute Gasteiger partial charge is 0.495 e. The van der Waals surface area contributed by atoms with Crippen LogP contribution in [-0.2, 0) is 9.53 Å². The van der Waals surface area contributed by atoms with Crippen molar-refractivity contribution in [3.05, 3.63) is 35.4 Å². The number of benzene rings is 1. The van der Waals surface area contributed by atoms with Crippen LogP contribution < -0.4 is 10.1 Å². The van der Waals surface area contributed by atoms with Gasteiger partial charge in [-0.3, -0.25) is 0 Å². The van der Waals surface area contributed by atoms with E-state index in [1.165, 1.54) is 0 Å². The molecule has 1 aromatic rings. The molecule has 1 N–H and O–H groups in total. The van der Waals surface area contributed by atoms with Crippen LogP contribution in [-0.4, -0.2) is 26.2 Å². The van der Waals surface area contributed by atoms with Gasteiger partial charge in [-0.2, -0.15) is 0 Å². The highest BCUT2D eigenvalue weighted by atomic mass is 35.5. The maximum Gasteiger partial charge on any atom is 0.335 e. The van der Waals surface area contributed by atoms with E-state index in [9.17, 15) is 4.79 Å². The summed E-state index contributed by atoms with van der Waals surface area (Å²) in [5.74, 6) is 0.205. The first-order chi connectivity index (χ1) is 8.58. The first kappa shape index (κ1) is 14.4. The highest BCUT2D eigenvalue weighted by Gasteiger charge is 2.08. The Morgan fingerprint density at radius 3 is 2.78 bits per heavy atom. The second-order valence-corrected chi connectivity index (χ2v) is 3.93. The second kappa shape index (κ2) is 6.91. The van der Waals surface area contributed by atoms with Crippen LogP contribution in [0.5, 0.6) is 5.75 Å². The maximum atomic E-state index is 11.3. The molecule has 4 nitrogen and oxygen atoms in total.